The first-order chi connectivity index (χ1) is 14.5. The van der Waals surface area contributed by atoms with Gasteiger partial charge in [0.2, 0.25) is 11.7 Å². The molecule has 2 aromatic carbocycles. The van der Waals surface area contributed by atoms with Gasteiger partial charge in [-0.25, -0.2) is 4.98 Å². The van der Waals surface area contributed by atoms with Gasteiger partial charge in [-0.2, -0.15) is 4.80 Å². The van der Waals surface area contributed by atoms with Crippen molar-refractivity contribution in [2.75, 3.05) is 5.32 Å². The minimum absolute atomic E-state index is 0.0279. The van der Waals surface area contributed by atoms with Gasteiger partial charge in [-0.1, -0.05) is 23.7 Å². The summed E-state index contributed by atoms with van der Waals surface area (Å²) < 4.78 is 0. The van der Waals surface area contributed by atoms with E-state index in [1.807, 2.05) is 0 Å². The highest BCUT2D eigenvalue weighted by Crippen LogP contribution is 2.27. The monoisotopic (exact) mass is 441 g/mol. The molecule has 2 heterocycles. The molecule has 10 nitrogen and oxygen atoms in total. The minimum atomic E-state index is -0.470. The van der Waals surface area contributed by atoms with Crippen molar-refractivity contribution < 1.29 is 9.72 Å². The predicted molar refractivity (Wildman–Crippen MR) is 111 cm³/mol. The highest BCUT2D eigenvalue weighted by molar-refractivity contribution is 7.14. The van der Waals surface area contributed by atoms with Gasteiger partial charge in [0.25, 0.3) is 5.69 Å². The number of nitro groups is 1. The number of benzene rings is 2. The lowest BCUT2D eigenvalue weighted by Gasteiger charge is -2.00. The van der Waals surface area contributed by atoms with Crippen molar-refractivity contribution in [3.8, 4) is 22.6 Å². The molecule has 0 saturated carbocycles. The van der Waals surface area contributed by atoms with E-state index < -0.39 is 4.92 Å². The fourth-order valence-corrected chi connectivity index (χ4v) is 3.42. The van der Waals surface area contributed by atoms with Gasteiger partial charge in [0, 0.05) is 33.7 Å². The zero-order chi connectivity index (χ0) is 21.1. The summed E-state index contributed by atoms with van der Waals surface area (Å²) in [5.74, 6) is -0.00308. The zero-order valence-corrected chi connectivity index (χ0v) is 16.7. The van der Waals surface area contributed by atoms with E-state index in [-0.39, 0.29) is 18.1 Å². The van der Waals surface area contributed by atoms with Crippen LogP contribution in [-0.4, -0.2) is 36.0 Å². The Morgan fingerprint density at radius 2 is 2.00 bits per heavy atom. The molecule has 0 saturated heterocycles. The number of nitrogens with one attached hydrogen (secondary N) is 1. The molecule has 0 bridgehead atoms. The van der Waals surface area contributed by atoms with E-state index in [4.69, 9.17) is 11.6 Å². The summed E-state index contributed by atoms with van der Waals surface area (Å²) in [5.41, 5.74) is 1.82. The third kappa shape index (κ3) is 4.47. The average molecular weight is 442 g/mol. The van der Waals surface area contributed by atoms with Crippen LogP contribution in [0.4, 0.5) is 10.8 Å². The summed E-state index contributed by atoms with van der Waals surface area (Å²) in [5, 5.41) is 28.2. The fraction of sp³-hybridized carbons (Fsp3) is 0.0556. The second-order valence-electron chi connectivity index (χ2n) is 6.04. The van der Waals surface area contributed by atoms with Gasteiger partial charge >= 0.3 is 0 Å². The molecular formula is C18H12ClN7O3S. The molecule has 1 amide bonds. The second-order valence-corrected chi connectivity index (χ2v) is 7.34. The van der Waals surface area contributed by atoms with Crippen molar-refractivity contribution in [2.45, 2.75) is 6.54 Å². The third-order valence-electron chi connectivity index (χ3n) is 3.94. The average Bonchev–Trinajstić information content (AvgIpc) is 3.38. The van der Waals surface area contributed by atoms with E-state index in [9.17, 15) is 14.9 Å². The van der Waals surface area contributed by atoms with Gasteiger partial charge in [-0.3, -0.25) is 14.9 Å². The second kappa shape index (κ2) is 8.35. The van der Waals surface area contributed by atoms with Crippen LogP contribution < -0.4 is 5.32 Å². The molecule has 30 heavy (non-hydrogen) atoms. The van der Waals surface area contributed by atoms with Gasteiger partial charge in [-0.15, -0.1) is 21.5 Å². The Hall–Kier alpha value is -3.70. The van der Waals surface area contributed by atoms with E-state index in [0.717, 1.165) is 5.56 Å². The summed E-state index contributed by atoms with van der Waals surface area (Å²) >= 11 is 7.07. The van der Waals surface area contributed by atoms with Gasteiger partial charge in [0.15, 0.2) is 5.13 Å². The molecule has 0 fully saturated rings. The Morgan fingerprint density at radius 1 is 1.20 bits per heavy atom. The summed E-state index contributed by atoms with van der Waals surface area (Å²) in [6, 6.07) is 13.1. The van der Waals surface area contributed by atoms with Crippen LogP contribution in [0.1, 0.15) is 0 Å². The smallest absolute Gasteiger partial charge is 0.270 e. The normalized spacial score (nSPS) is 10.7. The number of halogens is 1. The molecule has 0 spiro atoms. The Kier molecular flexibility index (Phi) is 5.46. The molecule has 12 heteroatoms. The van der Waals surface area contributed by atoms with Crippen molar-refractivity contribution in [3.05, 3.63) is 69.0 Å². The van der Waals surface area contributed by atoms with Crippen molar-refractivity contribution in [1.82, 2.24) is 25.2 Å². The first kappa shape index (κ1) is 19.6. The molecule has 0 aliphatic rings. The number of tetrazole rings is 1. The van der Waals surface area contributed by atoms with Crippen LogP contribution in [0.3, 0.4) is 0 Å². The Labute approximate surface area is 178 Å². The van der Waals surface area contributed by atoms with Gasteiger partial charge in [0.1, 0.15) is 6.54 Å². The lowest BCUT2D eigenvalue weighted by molar-refractivity contribution is -0.384. The SMILES string of the molecule is O=C(Cn1nnc(-c2ccc(Cl)cc2)n1)Nc1nc(-c2cccc([N+](=O)[O-])c2)cs1. The number of hydrogen-bond acceptors (Lipinski definition) is 8. The molecule has 0 aliphatic heterocycles. The van der Waals surface area contributed by atoms with E-state index in [1.54, 1.807) is 41.8 Å². The molecule has 0 radical (unpaired) electrons. The number of anilines is 1. The van der Waals surface area contributed by atoms with Crippen molar-refractivity contribution >= 4 is 39.7 Å². The van der Waals surface area contributed by atoms with Crippen LogP contribution in [0.2, 0.25) is 5.02 Å². The zero-order valence-electron chi connectivity index (χ0n) is 15.1. The number of aromatic nitrogens is 5. The summed E-state index contributed by atoms with van der Waals surface area (Å²) in [6.07, 6.45) is 0. The Balaban J connectivity index is 1.41. The Bertz CT molecular complexity index is 1220. The number of carbonyl (C=O) groups excluding carboxylic acids is 1. The van der Waals surface area contributed by atoms with Crippen LogP contribution in [0, 0.1) is 10.1 Å². The number of non-ortho nitro benzene ring substituents is 1. The first-order valence-electron chi connectivity index (χ1n) is 8.52. The predicted octanol–water partition coefficient (Wildman–Crippen LogP) is 3.66. The van der Waals surface area contributed by atoms with Crippen LogP contribution in [-0.2, 0) is 11.3 Å². The molecule has 0 atom stereocenters. The maximum absolute atomic E-state index is 12.3. The molecule has 4 rings (SSSR count). The molecule has 0 aliphatic carbocycles. The molecule has 2 aromatic heterocycles. The Morgan fingerprint density at radius 3 is 2.77 bits per heavy atom. The number of nitro benzene ring substituents is 1. The lowest BCUT2D eigenvalue weighted by Crippen LogP contribution is -2.20. The van der Waals surface area contributed by atoms with Crippen molar-refractivity contribution in [1.29, 1.82) is 0 Å². The van der Waals surface area contributed by atoms with Gasteiger partial charge < -0.3 is 5.32 Å². The van der Waals surface area contributed by atoms with Gasteiger partial charge in [0.05, 0.1) is 10.6 Å². The summed E-state index contributed by atoms with van der Waals surface area (Å²) in [6.45, 7) is -0.147. The van der Waals surface area contributed by atoms with Crippen LogP contribution >= 0.6 is 22.9 Å². The third-order valence-corrected chi connectivity index (χ3v) is 4.95. The maximum Gasteiger partial charge on any atom is 0.270 e. The van der Waals surface area contributed by atoms with Crippen LogP contribution in [0.5, 0.6) is 0 Å². The molecule has 1 N–H and O–H groups in total. The van der Waals surface area contributed by atoms with E-state index in [1.165, 1.54) is 28.3 Å². The molecule has 4 aromatic rings. The highest BCUT2D eigenvalue weighted by atomic mass is 35.5. The summed E-state index contributed by atoms with van der Waals surface area (Å²) in [7, 11) is 0. The van der Waals surface area contributed by atoms with Crippen molar-refractivity contribution in [2.24, 2.45) is 0 Å². The number of carbonyl (C=O) groups is 1. The topological polar surface area (TPSA) is 129 Å². The lowest BCUT2D eigenvalue weighted by atomic mass is 10.1. The van der Waals surface area contributed by atoms with E-state index in [2.05, 4.69) is 25.7 Å². The van der Waals surface area contributed by atoms with Gasteiger partial charge in [-0.05, 0) is 29.5 Å². The fourth-order valence-electron chi connectivity index (χ4n) is 2.55. The van der Waals surface area contributed by atoms with Crippen LogP contribution in [0.25, 0.3) is 22.6 Å². The maximum atomic E-state index is 12.3. The van der Waals surface area contributed by atoms with Crippen molar-refractivity contribution in [3.63, 3.8) is 0 Å². The molecule has 150 valence electrons. The van der Waals surface area contributed by atoms with E-state index >= 15 is 0 Å². The molecular weight excluding hydrogens is 430 g/mol. The quantitative estimate of drug-likeness (QED) is 0.357. The summed E-state index contributed by atoms with van der Waals surface area (Å²) in [4.78, 5) is 28.2. The number of rotatable bonds is 6. The van der Waals surface area contributed by atoms with E-state index in [0.29, 0.717) is 27.2 Å². The number of nitrogens with zero attached hydrogens (tertiary/aromatic N) is 6. The number of hydrogen-bond donors (Lipinski definition) is 1. The van der Waals surface area contributed by atoms with Crippen LogP contribution in [0.15, 0.2) is 53.9 Å². The standard InChI is InChI=1S/C18H12ClN7O3S/c19-13-6-4-11(5-7-13)17-22-24-25(23-17)9-16(27)21-18-20-15(10-30-18)12-2-1-3-14(8-12)26(28)29/h1-8,10H,9H2,(H,20,21,27). The first-order valence-corrected chi connectivity index (χ1v) is 9.77. The minimum Gasteiger partial charge on any atom is -0.300 e. The highest BCUT2D eigenvalue weighted by Gasteiger charge is 2.13. The number of amides is 1. The largest absolute Gasteiger partial charge is 0.300 e. The number of thiazole rings is 1. The molecule has 0 unspecified atom stereocenters.